The Morgan fingerprint density at radius 3 is 1.84 bits per heavy atom. The van der Waals surface area contributed by atoms with Crippen LogP contribution >= 0.6 is 7.92 Å². The van der Waals surface area contributed by atoms with Gasteiger partial charge in [0.25, 0.3) is 0 Å². The standard InChI is InChI=1S/C22H25N2P/c1-24(17-16-23)18-19-10-8-9-15-22(19)25(20-11-4-2-5-12-20)21-13-6-3-7-14-21/h2-15H,16-18,23H2,1H3. The van der Waals surface area contributed by atoms with Gasteiger partial charge in [0, 0.05) is 19.6 Å². The van der Waals surface area contributed by atoms with Crippen molar-refractivity contribution < 1.29 is 0 Å². The van der Waals surface area contributed by atoms with E-state index in [-0.39, 0.29) is 0 Å². The SMILES string of the molecule is CN(CCN)Cc1ccccc1P(c1ccccc1)c1ccccc1. The van der Waals surface area contributed by atoms with Crippen molar-refractivity contribution in [3.63, 3.8) is 0 Å². The summed E-state index contributed by atoms with van der Waals surface area (Å²) in [4.78, 5) is 2.29. The molecule has 0 atom stereocenters. The van der Waals surface area contributed by atoms with E-state index in [1.54, 1.807) is 0 Å². The zero-order valence-corrected chi connectivity index (χ0v) is 15.6. The van der Waals surface area contributed by atoms with Crippen molar-refractivity contribution in [1.29, 1.82) is 0 Å². The molecule has 0 aliphatic carbocycles. The van der Waals surface area contributed by atoms with E-state index in [0.29, 0.717) is 6.54 Å². The van der Waals surface area contributed by atoms with Crippen LogP contribution < -0.4 is 21.6 Å². The van der Waals surface area contributed by atoms with E-state index in [4.69, 9.17) is 5.73 Å². The second kappa shape index (κ2) is 8.92. The molecule has 0 amide bonds. The summed E-state index contributed by atoms with van der Waals surface area (Å²) in [5, 5.41) is 4.20. The summed E-state index contributed by atoms with van der Waals surface area (Å²) < 4.78 is 0. The van der Waals surface area contributed by atoms with Gasteiger partial charge in [-0.2, -0.15) is 0 Å². The molecule has 0 radical (unpaired) electrons. The van der Waals surface area contributed by atoms with Gasteiger partial charge in [-0.15, -0.1) is 0 Å². The van der Waals surface area contributed by atoms with Crippen molar-refractivity contribution in [3.8, 4) is 0 Å². The molecule has 0 heterocycles. The van der Waals surface area contributed by atoms with Gasteiger partial charge in [0.05, 0.1) is 0 Å². The molecule has 25 heavy (non-hydrogen) atoms. The Morgan fingerprint density at radius 1 is 0.760 bits per heavy atom. The molecule has 0 fully saturated rings. The van der Waals surface area contributed by atoms with Crippen LogP contribution in [-0.4, -0.2) is 25.0 Å². The Hall–Kier alpha value is -1.99. The van der Waals surface area contributed by atoms with Gasteiger partial charge in [0.1, 0.15) is 0 Å². The Balaban J connectivity index is 2.05. The molecule has 3 rings (SSSR count). The largest absolute Gasteiger partial charge is 0.329 e. The minimum Gasteiger partial charge on any atom is -0.329 e. The summed E-state index contributed by atoms with van der Waals surface area (Å²) in [5.41, 5.74) is 7.11. The van der Waals surface area contributed by atoms with Gasteiger partial charge in [0.15, 0.2) is 0 Å². The van der Waals surface area contributed by atoms with Crippen molar-refractivity contribution in [2.75, 3.05) is 20.1 Å². The third-order valence-corrected chi connectivity index (χ3v) is 6.76. The number of hydrogen-bond acceptors (Lipinski definition) is 2. The second-order valence-corrected chi connectivity index (χ2v) is 8.35. The first-order valence-corrected chi connectivity index (χ1v) is 10.0. The second-order valence-electron chi connectivity index (χ2n) is 6.16. The molecule has 3 aromatic carbocycles. The number of nitrogens with two attached hydrogens (primary N) is 1. The van der Waals surface area contributed by atoms with E-state index in [2.05, 4.69) is 96.9 Å². The van der Waals surface area contributed by atoms with E-state index in [1.807, 2.05) is 0 Å². The molecule has 128 valence electrons. The molecule has 3 aromatic rings. The van der Waals surface area contributed by atoms with Gasteiger partial charge in [0.2, 0.25) is 0 Å². The van der Waals surface area contributed by atoms with E-state index in [9.17, 15) is 0 Å². The van der Waals surface area contributed by atoms with E-state index < -0.39 is 7.92 Å². The van der Waals surface area contributed by atoms with Crippen LogP contribution in [0.2, 0.25) is 0 Å². The first-order valence-electron chi connectivity index (χ1n) is 8.66. The monoisotopic (exact) mass is 348 g/mol. The molecule has 3 heteroatoms. The quantitative estimate of drug-likeness (QED) is 0.666. The van der Waals surface area contributed by atoms with E-state index in [0.717, 1.165) is 13.1 Å². The normalized spacial score (nSPS) is 11.2. The minimum absolute atomic E-state index is 0.565. The molecular weight excluding hydrogens is 323 g/mol. The van der Waals surface area contributed by atoms with Gasteiger partial charge >= 0.3 is 0 Å². The lowest BCUT2D eigenvalue weighted by Crippen LogP contribution is -2.29. The zero-order valence-electron chi connectivity index (χ0n) is 14.7. The lowest BCUT2D eigenvalue weighted by molar-refractivity contribution is 0.337. The van der Waals surface area contributed by atoms with Crippen LogP contribution in [-0.2, 0) is 6.54 Å². The molecule has 0 saturated heterocycles. The number of benzene rings is 3. The van der Waals surface area contributed by atoms with Crippen LogP contribution in [0, 0.1) is 0 Å². The van der Waals surface area contributed by atoms with Gasteiger partial charge in [-0.3, -0.25) is 0 Å². The molecule has 2 N–H and O–H groups in total. The first-order chi connectivity index (χ1) is 12.3. The van der Waals surface area contributed by atoms with Crippen LogP contribution in [0.3, 0.4) is 0 Å². The smallest absolute Gasteiger partial charge is 0.0237 e. The number of nitrogens with zero attached hydrogens (tertiary/aromatic N) is 1. The lowest BCUT2D eigenvalue weighted by atomic mass is 10.2. The van der Waals surface area contributed by atoms with Crippen LogP contribution in [0.1, 0.15) is 5.56 Å². The van der Waals surface area contributed by atoms with Crippen LogP contribution in [0.5, 0.6) is 0 Å². The molecule has 2 nitrogen and oxygen atoms in total. The van der Waals surface area contributed by atoms with Crippen molar-refractivity contribution in [3.05, 3.63) is 90.5 Å². The molecule has 0 aliphatic heterocycles. The third-order valence-electron chi connectivity index (χ3n) is 4.21. The highest BCUT2D eigenvalue weighted by molar-refractivity contribution is 7.79. The molecule has 0 bridgehead atoms. The summed E-state index contributed by atoms with van der Waals surface area (Å²) in [7, 11) is 1.57. The summed E-state index contributed by atoms with van der Waals surface area (Å²) in [6, 6.07) is 30.5. The lowest BCUT2D eigenvalue weighted by Gasteiger charge is -2.24. The molecule has 0 saturated carbocycles. The highest BCUT2D eigenvalue weighted by Crippen LogP contribution is 2.34. The molecule has 0 aliphatic rings. The van der Waals surface area contributed by atoms with Gasteiger partial charge in [-0.25, -0.2) is 0 Å². The Bertz CT molecular complexity index is 735. The highest BCUT2D eigenvalue weighted by atomic mass is 31.1. The maximum Gasteiger partial charge on any atom is 0.0237 e. The fourth-order valence-electron chi connectivity index (χ4n) is 3.03. The summed E-state index contributed by atoms with van der Waals surface area (Å²) in [5.74, 6) is 0. The fraction of sp³-hybridized carbons (Fsp3) is 0.182. The van der Waals surface area contributed by atoms with Crippen molar-refractivity contribution >= 4 is 23.8 Å². The van der Waals surface area contributed by atoms with E-state index >= 15 is 0 Å². The van der Waals surface area contributed by atoms with Crippen LogP contribution in [0.25, 0.3) is 0 Å². The summed E-state index contributed by atoms with van der Waals surface area (Å²) in [6.07, 6.45) is 0. The number of likely N-dealkylation sites (N-methyl/N-ethyl adjacent to an activating group) is 1. The minimum atomic E-state index is -0.565. The topological polar surface area (TPSA) is 29.3 Å². The Labute approximate surface area is 152 Å². The van der Waals surface area contributed by atoms with Crippen molar-refractivity contribution in [2.45, 2.75) is 6.54 Å². The maximum absolute atomic E-state index is 5.73. The predicted molar refractivity (Wildman–Crippen MR) is 111 cm³/mol. The average molecular weight is 348 g/mol. The van der Waals surface area contributed by atoms with Crippen molar-refractivity contribution in [2.24, 2.45) is 5.73 Å². The predicted octanol–water partition coefficient (Wildman–Crippen LogP) is 2.84. The third kappa shape index (κ3) is 4.55. The molecule has 0 unspecified atom stereocenters. The number of rotatable bonds is 7. The highest BCUT2D eigenvalue weighted by Gasteiger charge is 2.19. The summed E-state index contributed by atoms with van der Waals surface area (Å²) in [6.45, 7) is 2.51. The summed E-state index contributed by atoms with van der Waals surface area (Å²) >= 11 is 0. The van der Waals surface area contributed by atoms with Gasteiger partial charge < -0.3 is 10.6 Å². The Kier molecular flexibility index (Phi) is 6.36. The molecular formula is C22H25N2P. The first kappa shape index (κ1) is 17.8. The zero-order chi connectivity index (χ0) is 17.5. The van der Waals surface area contributed by atoms with E-state index in [1.165, 1.54) is 21.5 Å². The molecule has 0 spiro atoms. The Morgan fingerprint density at radius 2 is 1.28 bits per heavy atom. The van der Waals surface area contributed by atoms with Crippen LogP contribution in [0.15, 0.2) is 84.9 Å². The van der Waals surface area contributed by atoms with Crippen molar-refractivity contribution in [1.82, 2.24) is 4.90 Å². The van der Waals surface area contributed by atoms with Crippen LogP contribution in [0.4, 0.5) is 0 Å². The van der Waals surface area contributed by atoms with Gasteiger partial charge in [-0.05, 0) is 36.4 Å². The maximum atomic E-state index is 5.73. The average Bonchev–Trinajstić information content (AvgIpc) is 2.65. The fourth-order valence-corrected chi connectivity index (χ4v) is 5.50. The van der Waals surface area contributed by atoms with Gasteiger partial charge in [-0.1, -0.05) is 84.9 Å². The molecule has 0 aromatic heterocycles. The number of hydrogen-bond donors (Lipinski definition) is 1.